The Bertz CT molecular complexity index is 923. The van der Waals surface area contributed by atoms with Crippen LogP contribution in [-0.2, 0) is 6.54 Å². The van der Waals surface area contributed by atoms with Crippen LogP contribution < -0.4 is 5.43 Å². The van der Waals surface area contributed by atoms with Gasteiger partial charge in [0.1, 0.15) is 11.2 Å². The highest BCUT2D eigenvalue weighted by atomic mass is 35.5. The van der Waals surface area contributed by atoms with Gasteiger partial charge in [0.05, 0.1) is 17.4 Å². The lowest BCUT2D eigenvalue weighted by Crippen LogP contribution is -2.31. The summed E-state index contributed by atoms with van der Waals surface area (Å²) < 4.78 is 5.80. The third-order valence-electron chi connectivity index (χ3n) is 4.14. The second-order valence-corrected chi connectivity index (χ2v) is 6.29. The second kappa shape index (κ2) is 7.53. The molecule has 0 saturated heterocycles. The number of halogens is 2. The maximum absolute atomic E-state index is 12.7. The van der Waals surface area contributed by atoms with Gasteiger partial charge < -0.3 is 9.52 Å². The zero-order valence-corrected chi connectivity index (χ0v) is 15.0. The smallest absolute Gasteiger partial charge is 0.200 e. The van der Waals surface area contributed by atoms with E-state index in [1.54, 1.807) is 18.2 Å². The molecule has 3 aromatic rings. The molecule has 0 aliphatic heterocycles. The van der Waals surface area contributed by atoms with Crippen LogP contribution in [-0.4, -0.2) is 29.7 Å². The maximum atomic E-state index is 12.7. The van der Waals surface area contributed by atoms with Crippen molar-refractivity contribution in [3.63, 3.8) is 0 Å². The van der Waals surface area contributed by atoms with Gasteiger partial charge in [0.25, 0.3) is 0 Å². The van der Waals surface area contributed by atoms with Crippen molar-refractivity contribution in [1.29, 1.82) is 0 Å². The van der Waals surface area contributed by atoms with E-state index >= 15 is 0 Å². The van der Waals surface area contributed by atoms with Crippen LogP contribution in [0.1, 0.15) is 12.5 Å². The van der Waals surface area contributed by atoms with Gasteiger partial charge in [-0.05, 0) is 49.9 Å². The summed E-state index contributed by atoms with van der Waals surface area (Å²) in [6.07, 6.45) is 0. The first-order chi connectivity index (χ1) is 11.0. The Kier molecular flexibility index (Phi) is 5.88. The van der Waals surface area contributed by atoms with Gasteiger partial charge in [-0.25, -0.2) is 0 Å². The van der Waals surface area contributed by atoms with Gasteiger partial charge in [0.2, 0.25) is 5.43 Å². The van der Waals surface area contributed by atoms with Gasteiger partial charge in [-0.3, -0.25) is 9.69 Å². The Morgan fingerprint density at radius 3 is 2.46 bits per heavy atom. The number of hydrogen-bond donors (Lipinski definition) is 1. The van der Waals surface area contributed by atoms with Gasteiger partial charge in [-0.1, -0.05) is 17.7 Å². The summed E-state index contributed by atoms with van der Waals surface area (Å²) in [5.41, 5.74) is 2.01. The first-order valence-corrected chi connectivity index (χ1v) is 7.83. The van der Waals surface area contributed by atoms with Crippen LogP contribution in [0.2, 0.25) is 5.02 Å². The molecule has 1 N–H and O–H groups in total. The molecule has 0 amide bonds. The number of likely N-dealkylation sites (N-methyl/N-ethyl adjacent to an activating group) is 1. The Balaban J connectivity index is 0.00000208. The second-order valence-electron chi connectivity index (χ2n) is 5.85. The molecule has 1 unspecified atom stereocenters. The molecule has 0 radical (unpaired) electrons. The SMILES string of the molecule is CC(CO)N(C)Cc1ccc2oc3ccc(Cl)cc3c(=O)c2c1.Cl. The quantitative estimate of drug-likeness (QED) is 0.711. The van der Waals surface area contributed by atoms with E-state index in [1.807, 2.05) is 37.1 Å². The van der Waals surface area contributed by atoms with E-state index in [0.29, 0.717) is 33.5 Å². The molecule has 6 heteroatoms. The summed E-state index contributed by atoms with van der Waals surface area (Å²) in [5.74, 6) is 0. The molecule has 0 fully saturated rings. The Morgan fingerprint density at radius 2 is 1.79 bits per heavy atom. The molecule has 0 bridgehead atoms. The molecule has 0 saturated carbocycles. The summed E-state index contributed by atoms with van der Waals surface area (Å²) in [6, 6.07) is 10.7. The molecule has 2 aromatic carbocycles. The van der Waals surface area contributed by atoms with Gasteiger partial charge in [-0.15, -0.1) is 12.4 Å². The van der Waals surface area contributed by atoms with Crippen LogP contribution in [0.5, 0.6) is 0 Å². The van der Waals surface area contributed by atoms with Crippen LogP contribution in [0, 0.1) is 0 Å². The minimum Gasteiger partial charge on any atom is -0.456 e. The Morgan fingerprint density at radius 1 is 1.17 bits per heavy atom. The largest absolute Gasteiger partial charge is 0.456 e. The average molecular weight is 368 g/mol. The van der Waals surface area contributed by atoms with Crippen LogP contribution >= 0.6 is 24.0 Å². The van der Waals surface area contributed by atoms with Gasteiger partial charge in [0.15, 0.2) is 0 Å². The fraction of sp³-hybridized carbons (Fsp3) is 0.278. The highest BCUT2D eigenvalue weighted by Gasteiger charge is 2.12. The van der Waals surface area contributed by atoms with Crippen molar-refractivity contribution in [1.82, 2.24) is 4.90 Å². The van der Waals surface area contributed by atoms with E-state index in [-0.39, 0.29) is 30.5 Å². The van der Waals surface area contributed by atoms with Crippen molar-refractivity contribution in [3.8, 4) is 0 Å². The number of rotatable bonds is 4. The van der Waals surface area contributed by atoms with Gasteiger partial charge >= 0.3 is 0 Å². The molecule has 0 spiro atoms. The van der Waals surface area contributed by atoms with Crippen LogP contribution in [0.15, 0.2) is 45.6 Å². The number of benzene rings is 2. The lowest BCUT2D eigenvalue weighted by atomic mass is 10.1. The monoisotopic (exact) mass is 367 g/mol. The highest BCUT2D eigenvalue weighted by Crippen LogP contribution is 2.22. The summed E-state index contributed by atoms with van der Waals surface area (Å²) in [4.78, 5) is 14.7. The maximum Gasteiger partial charge on any atom is 0.200 e. The van der Waals surface area contributed by atoms with Crippen molar-refractivity contribution in [2.75, 3.05) is 13.7 Å². The van der Waals surface area contributed by atoms with Crippen molar-refractivity contribution in [2.45, 2.75) is 19.5 Å². The third kappa shape index (κ3) is 3.57. The molecule has 4 nitrogen and oxygen atoms in total. The summed E-state index contributed by atoms with van der Waals surface area (Å²) >= 11 is 5.98. The van der Waals surface area contributed by atoms with Gasteiger partial charge in [-0.2, -0.15) is 0 Å². The fourth-order valence-corrected chi connectivity index (χ4v) is 2.73. The number of fused-ring (bicyclic) bond motifs is 2. The molecular weight excluding hydrogens is 349 g/mol. The molecular formula is C18H19Cl2NO3. The highest BCUT2D eigenvalue weighted by molar-refractivity contribution is 6.31. The Labute approximate surface area is 151 Å². The van der Waals surface area contributed by atoms with Crippen molar-refractivity contribution in [3.05, 3.63) is 57.2 Å². The first kappa shape index (κ1) is 18.7. The van der Waals surface area contributed by atoms with E-state index in [9.17, 15) is 9.90 Å². The first-order valence-electron chi connectivity index (χ1n) is 7.45. The summed E-state index contributed by atoms with van der Waals surface area (Å²) in [6.45, 7) is 2.69. The molecule has 0 aliphatic rings. The minimum absolute atomic E-state index is 0. The minimum atomic E-state index is -0.0801. The van der Waals surface area contributed by atoms with Crippen molar-refractivity contribution in [2.24, 2.45) is 0 Å². The molecule has 1 heterocycles. The van der Waals surface area contributed by atoms with E-state index in [2.05, 4.69) is 0 Å². The number of nitrogens with zero attached hydrogens (tertiary/aromatic N) is 1. The third-order valence-corrected chi connectivity index (χ3v) is 4.38. The molecule has 1 aromatic heterocycles. The average Bonchev–Trinajstić information content (AvgIpc) is 2.55. The number of aliphatic hydroxyl groups is 1. The van der Waals surface area contributed by atoms with Crippen LogP contribution in [0.4, 0.5) is 0 Å². The predicted octanol–water partition coefficient (Wildman–Crippen LogP) is 3.83. The molecule has 3 rings (SSSR count). The molecule has 24 heavy (non-hydrogen) atoms. The number of aliphatic hydroxyl groups excluding tert-OH is 1. The lowest BCUT2D eigenvalue weighted by Gasteiger charge is -2.22. The zero-order chi connectivity index (χ0) is 16.6. The molecule has 128 valence electrons. The van der Waals surface area contributed by atoms with E-state index in [0.717, 1.165) is 5.56 Å². The van der Waals surface area contributed by atoms with Crippen LogP contribution in [0.25, 0.3) is 21.9 Å². The zero-order valence-electron chi connectivity index (χ0n) is 13.5. The van der Waals surface area contributed by atoms with Crippen molar-refractivity contribution >= 4 is 45.9 Å². The summed E-state index contributed by atoms with van der Waals surface area (Å²) in [7, 11) is 1.94. The Hall–Kier alpha value is -1.59. The van der Waals surface area contributed by atoms with Crippen molar-refractivity contribution < 1.29 is 9.52 Å². The summed E-state index contributed by atoms with van der Waals surface area (Å²) in [5, 5.41) is 10.8. The standard InChI is InChI=1S/C18H18ClNO3.ClH/c1-11(10-21)20(2)9-12-3-5-16-14(7-12)18(22)15-8-13(19)4-6-17(15)23-16;/h3-8,11,21H,9-10H2,1-2H3;1H. The normalized spacial score (nSPS) is 12.5. The predicted molar refractivity (Wildman–Crippen MR) is 100 cm³/mol. The topological polar surface area (TPSA) is 53.7 Å². The fourth-order valence-electron chi connectivity index (χ4n) is 2.56. The number of hydrogen-bond acceptors (Lipinski definition) is 4. The van der Waals surface area contributed by atoms with Gasteiger partial charge in [0, 0.05) is 17.6 Å². The van der Waals surface area contributed by atoms with E-state index in [1.165, 1.54) is 0 Å². The molecule has 1 atom stereocenters. The molecule has 0 aliphatic carbocycles. The van der Waals surface area contributed by atoms with Crippen LogP contribution in [0.3, 0.4) is 0 Å². The van der Waals surface area contributed by atoms with E-state index in [4.69, 9.17) is 16.0 Å². The van der Waals surface area contributed by atoms with E-state index < -0.39 is 0 Å². The lowest BCUT2D eigenvalue weighted by molar-refractivity contribution is 0.154.